The molecule has 1 atom stereocenters. The zero-order valence-electron chi connectivity index (χ0n) is 11.5. The number of fused-ring (bicyclic) bond motifs is 1. The van der Waals surface area contributed by atoms with Crippen molar-refractivity contribution in [2.45, 2.75) is 12.5 Å². The van der Waals surface area contributed by atoms with Crippen LogP contribution in [0.1, 0.15) is 6.42 Å². The molecule has 0 bridgehead atoms. The van der Waals surface area contributed by atoms with Gasteiger partial charge >= 0.3 is 0 Å². The van der Waals surface area contributed by atoms with Crippen LogP contribution in [0, 0.1) is 0 Å². The minimum absolute atomic E-state index is 0.622. The molecule has 1 aliphatic rings. The van der Waals surface area contributed by atoms with Crippen LogP contribution in [0.4, 0.5) is 11.4 Å². The quantitative estimate of drug-likeness (QED) is 0.834. The maximum absolute atomic E-state index is 6.03. The Balaban J connectivity index is 2.00. The maximum atomic E-state index is 6.03. The summed E-state index contributed by atoms with van der Waals surface area (Å²) in [6.07, 6.45) is 3.04. The molecule has 4 nitrogen and oxygen atoms in total. The molecule has 0 radical (unpaired) electrons. The van der Waals surface area contributed by atoms with Gasteiger partial charge in [-0.1, -0.05) is 0 Å². The molecule has 0 amide bonds. The van der Waals surface area contributed by atoms with Gasteiger partial charge in [-0.2, -0.15) is 0 Å². The van der Waals surface area contributed by atoms with Crippen molar-refractivity contribution in [3.63, 3.8) is 0 Å². The molecule has 0 aliphatic carbocycles. The van der Waals surface area contributed by atoms with Gasteiger partial charge in [0, 0.05) is 36.4 Å². The number of nitrogens with two attached hydrogens (primary N) is 1. The predicted molar refractivity (Wildman–Crippen MR) is 80.5 cm³/mol. The molecule has 1 aromatic heterocycles. The molecule has 1 unspecified atom stereocenters. The summed E-state index contributed by atoms with van der Waals surface area (Å²) in [6, 6.07) is 8.69. The lowest BCUT2D eigenvalue weighted by Gasteiger charge is -2.23. The van der Waals surface area contributed by atoms with Gasteiger partial charge in [-0.05, 0) is 44.8 Å². The average molecular weight is 256 g/mol. The van der Waals surface area contributed by atoms with Gasteiger partial charge in [0.05, 0.1) is 11.2 Å². The smallest absolute Gasteiger partial charge is 0.0955 e. The van der Waals surface area contributed by atoms with E-state index < -0.39 is 0 Å². The van der Waals surface area contributed by atoms with E-state index in [1.165, 1.54) is 12.1 Å². The van der Waals surface area contributed by atoms with E-state index >= 15 is 0 Å². The van der Waals surface area contributed by atoms with E-state index in [0.717, 1.165) is 29.7 Å². The highest BCUT2D eigenvalue weighted by atomic mass is 15.2. The first-order valence-electron chi connectivity index (χ1n) is 6.71. The summed E-state index contributed by atoms with van der Waals surface area (Å²) in [7, 11) is 4.29. The summed E-state index contributed by atoms with van der Waals surface area (Å²) in [5.41, 5.74) is 9.05. The monoisotopic (exact) mass is 256 g/mol. The van der Waals surface area contributed by atoms with Crippen LogP contribution in [-0.4, -0.2) is 43.1 Å². The lowest BCUT2D eigenvalue weighted by Crippen LogP contribution is -2.31. The maximum Gasteiger partial charge on any atom is 0.0955 e. The van der Waals surface area contributed by atoms with Gasteiger partial charge in [0.1, 0.15) is 0 Å². The van der Waals surface area contributed by atoms with Gasteiger partial charge in [0.15, 0.2) is 0 Å². The highest BCUT2D eigenvalue weighted by Crippen LogP contribution is 2.31. The molecule has 1 fully saturated rings. The molecule has 2 heterocycles. The Hall–Kier alpha value is -1.81. The molecule has 3 rings (SSSR count). The van der Waals surface area contributed by atoms with E-state index in [4.69, 9.17) is 5.73 Å². The molecule has 1 aliphatic heterocycles. The zero-order chi connectivity index (χ0) is 13.4. The van der Waals surface area contributed by atoms with Crippen LogP contribution in [0.15, 0.2) is 30.5 Å². The minimum Gasteiger partial charge on any atom is -0.398 e. The van der Waals surface area contributed by atoms with Crippen molar-refractivity contribution < 1.29 is 0 Å². The number of hydrogen-bond donors (Lipinski definition) is 1. The third kappa shape index (κ3) is 2.12. The van der Waals surface area contributed by atoms with Crippen LogP contribution >= 0.6 is 0 Å². The number of hydrogen-bond acceptors (Lipinski definition) is 4. The molecule has 0 spiro atoms. The highest BCUT2D eigenvalue weighted by molar-refractivity contribution is 5.98. The number of rotatable bonds is 2. The number of likely N-dealkylation sites (N-methyl/N-ethyl adjacent to an activating group) is 1. The van der Waals surface area contributed by atoms with E-state index in [1.807, 2.05) is 24.4 Å². The molecule has 1 saturated heterocycles. The number of benzene rings is 1. The van der Waals surface area contributed by atoms with Crippen molar-refractivity contribution in [2.24, 2.45) is 0 Å². The van der Waals surface area contributed by atoms with E-state index in [-0.39, 0.29) is 0 Å². The van der Waals surface area contributed by atoms with Crippen molar-refractivity contribution in [1.29, 1.82) is 0 Å². The van der Waals surface area contributed by atoms with Crippen LogP contribution in [0.3, 0.4) is 0 Å². The van der Waals surface area contributed by atoms with E-state index in [2.05, 4.69) is 34.9 Å². The molecule has 100 valence electrons. The Morgan fingerprint density at radius 3 is 2.89 bits per heavy atom. The average Bonchev–Trinajstić information content (AvgIpc) is 2.89. The van der Waals surface area contributed by atoms with Gasteiger partial charge in [-0.25, -0.2) is 0 Å². The molecule has 1 aromatic carbocycles. The van der Waals surface area contributed by atoms with E-state index in [9.17, 15) is 0 Å². The van der Waals surface area contributed by atoms with Crippen molar-refractivity contribution in [2.75, 3.05) is 37.8 Å². The molecule has 0 saturated carbocycles. The van der Waals surface area contributed by atoms with Gasteiger partial charge in [0.25, 0.3) is 0 Å². The molecule has 2 N–H and O–H groups in total. The van der Waals surface area contributed by atoms with Crippen LogP contribution in [0.2, 0.25) is 0 Å². The lowest BCUT2D eigenvalue weighted by atomic mass is 10.1. The molecule has 2 aromatic rings. The molecular formula is C15H20N4. The number of pyridine rings is 1. The summed E-state index contributed by atoms with van der Waals surface area (Å²) in [4.78, 5) is 9.24. The van der Waals surface area contributed by atoms with E-state index in [0.29, 0.717) is 6.04 Å². The second-order valence-corrected chi connectivity index (χ2v) is 5.43. The fourth-order valence-electron chi connectivity index (χ4n) is 2.82. The first-order valence-corrected chi connectivity index (χ1v) is 6.71. The minimum atomic E-state index is 0.622. The Bertz CT molecular complexity index is 594. The fourth-order valence-corrected chi connectivity index (χ4v) is 2.82. The Kier molecular flexibility index (Phi) is 3.03. The van der Waals surface area contributed by atoms with Gasteiger partial charge in [-0.15, -0.1) is 0 Å². The highest BCUT2D eigenvalue weighted by Gasteiger charge is 2.25. The van der Waals surface area contributed by atoms with E-state index in [1.54, 1.807) is 0 Å². The van der Waals surface area contributed by atoms with Crippen LogP contribution < -0.4 is 10.6 Å². The molecular weight excluding hydrogens is 236 g/mol. The predicted octanol–water partition coefficient (Wildman–Crippen LogP) is 1.96. The second kappa shape index (κ2) is 4.70. The molecule has 19 heavy (non-hydrogen) atoms. The molecule has 4 heteroatoms. The topological polar surface area (TPSA) is 45.4 Å². The number of nitrogens with zero attached hydrogens (tertiary/aromatic N) is 3. The van der Waals surface area contributed by atoms with Gasteiger partial charge in [0.2, 0.25) is 0 Å². The largest absolute Gasteiger partial charge is 0.398 e. The Morgan fingerprint density at radius 2 is 2.16 bits per heavy atom. The lowest BCUT2D eigenvalue weighted by molar-refractivity contribution is 0.315. The second-order valence-electron chi connectivity index (χ2n) is 5.43. The van der Waals surface area contributed by atoms with Gasteiger partial charge in [-0.3, -0.25) is 4.98 Å². The van der Waals surface area contributed by atoms with Crippen molar-refractivity contribution >= 4 is 22.3 Å². The summed E-state index contributed by atoms with van der Waals surface area (Å²) >= 11 is 0. The summed E-state index contributed by atoms with van der Waals surface area (Å²) in [6.45, 7) is 2.14. The number of anilines is 2. The summed E-state index contributed by atoms with van der Waals surface area (Å²) in [5.74, 6) is 0. The van der Waals surface area contributed by atoms with Crippen LogP contribution in [0.25, 0.3) is 10.9 Å². The third-order valence-electron chi connectivity index (χ3n) is 4.02. The first kappa shape index (κ1) is 12.2. The van der Waals surface area contributed by atoms with Crippen LogP contribution in [0.5, 0.6) is 0 Å². The van der Waals surface area contributed by atoms with Crippen molar-refractivity contribution in [1.82, 2.24) is 9.88 Å². The standard InChI is InChI=1S/C15H20N4/c1-18(2)11-7-9-19(10-11)14-6-5-13(16)12-4-3-8-17-15(12)14/h3-6,8,11H,7,9-10,16H2,1-2H3. The normalized spacial score (nSPS) is 19.5. The summed E-state index contributed by atoms with van der Waals surface area (Å²) < 4.78 is 0. The zero-order valence-corrected chi connectivity index (χ0v) is 11.5. The Labute approximate surface area is 113 Å². The SMILES string of the molecule is CN(C)C1CCN(c2ccc(N)c3cccnc23)C1. The fraction of sp³-hybridized carbons (Fsp3) is 0.400. The number of nitrogen functional groups attached to an aromatic ring is 1. The number of aromatic nitrogens is 1. The van der Waals surface area contributed by atoms with Crippen molar-refractivity contribution in [3.8, 4) is 0 Å². The third-order valence-corrected chi connectivity index (χ3v) is 4.02. The van der Waals surface area contributed by atoms with Crippen LogP contribution in [-0.2, 0) is 0 Å². The Morgan fingerprint density at radius 1 is 1.32 bits per heavy atom. The van der Waals surface area contributed by atoms with Gasteiger partial charge < -0.3 is 15.5 Å². The van der Waals surface area contributed by atoms with Crippen molar-refractivity contribution in [3.05, 3.63) is 30.5 Å². The first-order chi connectivity index (χ1) is 9.16. The summed E-state index contributed by atoms with van der Waals surface area (Å²) in [5, 5.41) is 1.05.